The van der Waals surface area contributed by atoms with Gasteiger partial charge in [0, 0.05) is 13.2 Å². The molecule has 1 N–H and O–H groups in total. The van der Waals surface area contributed by atoms with Gasteiger partial charge >= 0.3 is 0 Å². The van der Waals surface area contributed by atoms with Crippen LogP contribution in [0, 0.1) is 16.7 Å². The highest BCUT2D eigenvalue weighted by molar-refractivity contribution is 5.14. The van der Waals surface area contributed by atoms with Gasteiger partial charge in [0.25, 0.3) is 0 Å². The number of rotatable bonds is 3. The van der Waals surface area contributed by atoms with Gasteiger partial charge in [0.1, 0.15) is 5.41 Å². The molecule has 0 aromatic heterocycles. The van der Waals surface area contributed by atoms with Gasteiger partial charge in [-0.3, -0.25) is 0 Å². The van der Waals surface area contributed by atoms with E-state index in [-0.39, 0.29) is 0 Å². The zero-order valence-electron chi connectivity index (χ0n) is 11.3. The molecule has 0 aromatic carbocycles. The molecule has 4 nitrogen and oxygen atoms in total. The van der Waals surface area contributed by atoms with Crippen molar-refractivity contribution in [3.8, 4) is 6.07 Å². The lowest BCUT2D eigenvalue weighted by atomic mass is 9.68. The van der Waals surface area contributed by atoms with Gasteiger partial charge in [-0.1, -0.05) is 6.92 Å². The largest absolute Gasteiger partial charge is 0.388 e. The minimum absolute atomic E-state index is 0.397. The van der Waals surface area contributed by atoms with E-state index >= 15 is 0 Å². The average molecular weight is 252 g/mol. The molecule has 2 aliphatic heterocycles. The first-order valence-electron chi connectivity index (χ1n) is 7.09. The third-order valence-corrected chi connectivity index (χ3v) is 4.57. The van der Waals surface area contributed by atoms with Crippen molar-refractivity contribution < 1.29 is 9.84 Å². The summed E-state index contributed by atoms with van der Waals surface area (Å²) < 4.78 is 5.39. The Morgan fingerprint density at radius 2 is 2.17 bits per heavy atom. The summed E-state index contributed by atoms with van der Waals surface area (Å²) >= 11 is 0. The number of nitriles is 1. The van der Waals surface area contributed by atoms with Crippen molar-refractivity contribution >= 4 is 0 Å². The van der Waals surface area contributed by atoms with Gasteiger partial charge in [0.2, 0.25) is 0 Å². The molecule has 0 spiro atoms. The molecule has 2 atom stereocenters. The van der Waals surface area contributed by atoms with Gasteiger partial charge in [-0.15, -0.1) is 0 Å². The van der Waals surface area contributed by atoms with Crippen molar-refractivity contribution in [3.63, 3.8) is 0 Å². The highest BCUT2D eigenvalue weighted by atomic mass is 16.5. The summed E-state index contributed by atoms with van der Waals surface area (Å²) in [6.07, 6.45) is 4.21. The van der Waals surface area contributed by atoms with E-state index < -0.39 is 11.0 Å². The van der Waals surface area contributed by atoms with Gasteiger partial charge in [-0.05, 0) is 45.2 Å². The summed E-state index contributed by atoms with van der Waals surface area (Å²) in [7, 11) is 0. The Bertz CT molecular complexity index is 320. The van der Waals surface area contributed by atoms with Crippen molar-refractivity contribution in [2.75, 3.05) is 32.8 Å². The molecule has 2 saturated heterocycles. The van der Waals surface area contributed by atoms with Crippen molar-refractivity contribution in [2.45, 2.75) is 44.6 Å². The molecule has 2 rings (SSSR count). The molecule has 2 heterocycles. The molecule has 102 valence electrons. The van der Waals surface area contributed by atoms with E-state index in [4.69, 9.17) is 4.74 Å². The van der Waals surface area contributed by atoms with Gasteiger partial charge < -0.3 is 14.7 Å². The number of nitrogens with zero attached hydrogens (tertiary/aromatic N) is 2. The second kappa shape index (κ2) is 5.56. The fourth-order valence-electron chi connectivity index (χ4n) is 3.32. The molecular weight excluding hydrogens is 228 g/mol. The summed E-state index contributed by atoms with van der Waals surface area (Å²) in [6.45, 7) is 6.21. The van der Waals surface area contributed by atoms with Crippen LogP contribution in [0.15, 0.2) is 0 Å². The van der Waals surface area contributed by atoms with Gasteiger partial charge in [0.05, 0.1) is 18.3 Å². The van der Waals surface area contributed by atoms with Crippen LogP contribution in [0.2, 0.25) is 0 Å². The van der Waals surface area contributed by atoms with Crippen LogP contribution in [0.25, 0.3) is 0 Å². The molecule has 0 aliphatic carbocycles. The fourth-order valence-corrected chi connectivity index (χ4v) is 3.32. The molecule has 2 aliphatic rings. The van der Waals surface area contributed by atoms with E-state index in [9.17, 15) is 10.4 Å². The number of hydrogen-bond acceptors (Lipinski definition) is 4. The molecule has 18 heavy (non-hydrogen) atoms. The molecule has 4 heteroatoms. The van der Waals surface area contributed by atoms with Crippen molar-refractivity contribution in [1.82, 2.24) is 4.90 Å². The van der Waals surface area contributed by atoms with Crippen LogP contribution < -0.4 is 0 Å². The van der Waals surface area contributed by atoms with Crippen LogP contribution >= 0.6 is 0 Å². The zero-order valence-corrected chi connectivity index (χ0v) is 11.3. The molecule has 0 amide bonds. The Morgan fingerprint density at radius 1 is 1.33 bits per heavy atom. The van der Waals surface area contributed by atoms with Crippen molar-refractivity contribution in [1.29, 1.82) is 5.26 Å². The first kappa shape index (κ1) is 13.8. The Hall–Kier alpha value is -0.630. The molecule has 0 aromatic rings. The predicted octanol–water partition coefficient (Wildman–Crippen LogP) is 1.54. The van der Waals surface area contributed by atoms with Crippen LogP contribution in [-0.4, -0.2) is 48.5 Å². The van der Waals surface area contributed by atoms with E-state index in [0.29, 0.717) is 26.1 Å². The maximum absolute atomic E-state index is 11.0. The molecule has 0 radical (unpaired) electrons. The smallest absolute Gasteiger partial charge is 0.111 e. The van der Waals surface area contributed by atoms with Crippen molar-refractivity contribution in [2.24, 2.45) is 5.41 Å². The second-order valence-electron chi connectivity index (χ2n) is 5.72. The van der Waals surface area contributed by atoms with Gasteiger partial charge in [-0.2, -0.15) is 5.26 Å². The minimum Gasteiger partial charge on any atom is -0.388 e. The van der Waals surface area contributed by atoms with Crippen LogP contribution in [0.3, 0.4) is 0 Å². The predicted molar refractivity (Wildman–Crippen MR) is 69.0 cm³/mol. The Balaban J connectivity index is 2.09. The maximum Gasteiger partial charge on any atom is 0.111 e. The van der Waals surface area contributed by atoms with E-state index in [1.165, 1.54) is 0 Å². The first-order valence-corrected chi connectivity index (χ1v) is 7.09. The van der Waals surface area contributed by atoms with Crippen LogP contribution in [-0.2, 0) is 4.74 Å². The Kier molecular flexibility index (Phi) is 4.26. The van der Waals surface area contributed by atoms with Crippen LogP contribution in [0.1, 0.15) is 39.0 Å². The summed E-state index contributed by atoms with van der Waals surface area (Å²) in [5.74, 6) is 0. The minimum atomic E-state index is -0.860. The average Bonchev–Trinajstić information content (AvgIpc) is 2.79. The van der Waals surface area contributed by atoms with Crippen LogP contribution in [0.5, 0.6) is 0 Å². The van der Waals surface area contributed by atoms with E-state index in [1.807, 2.05) is 0 Å². The quantitative estimate of drug-likeness (QED) is 0.828. The monoisotopic (exact) mass is 252 g/mol. The maximum atomic E-state index is 11.0. The molecule has 0 saturated carbocycles. The Labute approximate surface area is 110 Å². The summed E-state index contributed by atoms with van der Waals surface area (Å²) in [4.78, 5) is 2.40. The fraction of sp³-hybridized carbons (Fsp3) is 0.929. The summed E-state index contributed by atoms with van der Waals surface area (Å²) in [5, 5.41) is 20.4. The standard InChI is InChI=1S/C14H24N2O2/c1-2-7-16-8-3-4-14(17,5-9-16)13(11-15)6-10-18-12-13/h17H,2-10,12H2,1H3. The number of aliphatic hydroxyl groups is 1. The number of likely N-dealkylation sites (tertiary alicyclic amines) is 1. The third-order valence-electron chi connectivity index (χ3n) is 4.57. The highest BCUT2D eigenvalue weighted by Crippen LogP contribution is 2.44. The van der Waals surface area contributed by atoms with Crippen LogP contribution in [0.4, 0.5) is 0 Å². The lowest BCUT2D eigenvalue weighted by molar-refractivity contribution is -0.0685. The summed E-state index contributed by atoms with van der Waals surface area (Å²) in [6, 6.07) is 2.37. The summed E-state index contributed by atoms with van der Waals surface area (Å²) in [5.41, 5.74) is -1.53. The molecule has 0 bridgehead atoms. The third kappa shape index (κ3) is 2.40. The highest BCUT2D eigenvalue weighted by Gasteiger charge is 2.53. The van der Waals surface area contributed by atoms with E-state index in [0.717, 1.165) is 38.9 Å². The zero-order chi connectivity index (χ0) is 13.1. The van der Waals surface area contributed by atoms with Gasteiger partial charge in [0.15, 0.2) is 0 Å². The lowest BCUT2D eigenvalue weighted by Crippen LogP contribution is -2.48. The van der Waals surface area contributed by atoms with Gasteiger partial charge in [-0.25, -0.2) is 0 Å². The van der Waals surface area contributed by atoms with Crippen molar-refractivity contribution in [3.05, 3.63) is 0 Å². The first-order chi connectivity index (χ1) is 8.66. The topological polar surface area (TPSA) is 56.5 Å². The Morgan fingerprint density at radius 3 is 2.78 bits per heavy atom. The van der Waals surface area contributed by atoms with E-state index in [2.05, 4.69) is 17.9 Å². The SMILES string of the molecule is CCCN1CCCC(O)(C2(C#N)CCOC2)CC1. The number of hydrogen-bond donors (Lipinski definition) is 1. The molecular formula is C14H24N2O2. The molecule has 2 fully saturated rings. The number of ether oxygens (including phenoxy) is 1. The van der Waals surface area contributed by atoms with E-state index in [1.54, 1.807) is 0 Å². The lowest BCUT2D eigenvalue weighted by Gasteiger charge is -2.38. The second-order valence-corrected chi connectivity index (χ2v) is 5.72. The normalized spacial score (nSPS) is 38.3. The molecule has 2 unspecified atom stereocenters.